The molecule has 138 valence electrons. The van der Waals surface area contributed by atoms with E-state index in [0.29, 0.717) is 13.2 Å². The second-order valence-electron chi connectivity index (χ2n) is 6.76. The maximum Gasteiger partial charge on any atom is 0.282 e. The molecule has 0 spiro atoms. The van der Waals surface area contributed by atoms with Gasteiger partial charge in [-0.05, 0) is 49.2 Å². The van der Waals surface area contributed by atoms with Gasteiger partial charge < -0.3 is 19.7 Å². The molecule has 2 aromatic rings. The molecule has 3 rings (SSSR count). The summed E-state index contributed by atoms with van der Waals surface area (Å²) in [6.45, 7) is 5.97. The van der Waals surface area contributed by atoms with Gasteiger partial charge in [0, 0.05) is 11.3 Å². The highest BCUT2D eigenvalue weighted by Crippen LogP contribution is 2.30. The van der Waals surface area contributed by atoms with E-state index in [2.05, 4.69) is 12.2 Å². The molecule has 26 heavy (non-hydrogen) atoms. The highest BCUT2D eigenvalue weighted by atomic mass is 16.6. The van der Waals surface area contributed by atoms with E-state index in [9.17, 15) is 4.79 Å². The van der Waals surface area contributed by atoms with E-state index in [1.54, 1.807) is 0 Å². The fraction of sp³-hybridized carbons (Fsp3) is 0.381. The van der Waals surface area contributed by atoms with Crippen LogP contribution < -0.4 is 19.7 Å². The van der Waals surface area contributed by atoms with E-state index in [-0.39, 0.29) is 11.9 Å². The van der Waals surface area contributed by atoms with Gasteiger partial charge in [0.1, 0.15) is 19.8 Å². The van der Waals surface area contributed by atoms with E-state index in [1.807, 2.05) is 56.4 Å². The van der Waals surface area contributed by atoms with Crippen molar-refractivity contribution in [3.05, 3.63) is 53.6 Å². The fourth-order valence-corrected chi connectivity index (χ4v) is 2.97. The van der Waals surface area contributed by atoms with Gasteiger partial charge in [-0.1, -0.05) is 19.1 Å². The molecule has 0 aromatic heterocycles. The second-order valence-corrected chi connectivity index (χ2v) is 6.76. The van der Waals surface area contributed by atoms with Crippen LogP contribution in [0.2, 0.25) is 0 Å². The number of amides is 1. The minimum absolute atomic E-state index is 0.0179. The van der Waals surface area contributed by atoms with Gasteiger partial charge in [-0.3, -0.25) is 4.79 Å². The van der Waals surface area contributed by atoms with Gasteiger partial charge in [0.05, 0.1) is 7.05 Å². The average Bonchev–Trinajstić information content (AvgIpc) is 2.67. The third-order valence-corrected chi connectivity index (χ3v) is 4.85. The molecule has 0 saturated heterocycles. The van der Waals surface area contributed by atoms with E-state index in [4.69, 9.17) is 9.47 Å². The van der Waals surface area contributed by atoms with Crippen LogP contribution in [0.15, 0.2) is 42.5 Å². The van der Waals surface area contributed by atoms with Crippen molar-refractivity contribution in [3.63, 3.8) is 0 Å². The van der Waals surface area contributed by atoms with E-state index in [0.717, 1.165) is 40.6 Å². The minimum atomic E-state index is -0.172. The summed E-state index contributed by atoms with van der Waals surface area (Å²) >= 11 is 0. The van der Waals surface area contributed by atoms with Crippen LogP contribution in [0.3, 0.4) is 0 Å². The van der Waals surface area contributed by atoms with E-state index < -0.39 is 0 Å². The number of benzene rings is 2. The first-order valence-electron chi connectivity index (χ1n) is 9.17. The summed E-state index contributed by atoms with van der Waals surface area (Å²) in [5.41, 5.74) is 3.22. The molecule has 0 bridgehead atoms. The van der Waals surface area contributed by atoms with Crippen molar-refractivity contribution in [3.8, 4) is 11.5 Å². The van der Waals surface area contributed by atoms with Gasteiger partial charge in [0.15, 0.2) is 17.5 Å². The van der Waals surface area contributed by atoms with Crippen molar-refractivity contribution in [2.75, 3.05) is 25.6 Å². The zero-order valence-electron chi connectivity index (χ0n) is 15.7. The number of hydrogen-bond acceptors (Lipinski definition) is 3. The Bertz CT molecular complexity index is 758. The Morgan fingerprint density at radius 1 is 1.08 bits per heavy atom. The summed E-state index contributed by atoms with van der Waals surface area (Å²) < 4.78 is 11.2. The number of carbonyl (C=O) groups is 1. The molecule has 5 heteroatoms. The lowest BCUT2D eigenvalue weighted by atomic mass is 10.1. The molecule has 2 atom stereocenters. The topological polar surface area (TPSA) is 52.0 Å². The van der Waals surface area contributed by atoms with Crippen LogP contribution in [0.1, 0.15) is 25.0 Å². The van der Waals surface area contributed by atoms with Crippen LogP contribution in [0.25, 0.3) is 0 Å². The largest absolute Gasteiger partial charge is 0.486 e. The zero-order chi connectivity index (χ0) is 18.5. The highest BCUT2D eigenvalue weighted by molar-refractivity contribution is 5.93. The molecule has 2 N–H and O–H groups in total. The molecule has 0 saturated carbocycles. The summed E-state index contributed by atoms with van der Waals surface area (Å²) in [5.74, 6) is 1.60. The first kappa shape index (κ1) is 18.3. The fourth-order valence-electron chi connectivity index (χ4n) is 2.97. The summed E-state index contributed by atoms with van der Waals surface area (Å²) in [4.78, 5) is 13.7. The van der Waals surface area contributed by atoms with Gasteiger partial charge in [0.2, 0.25) is 0 Å². The average molecular weight is 355 g/mol. The molecular formula is C21H27N2O3+. The Morgan fingerprint density at radius 3 is 2.42 bits per heavy atom. The number of hydrogen-bond donors (Lipinski definition) is 2. The van der Waals surface area contributed by atoms with Crippen molar-refractivity contribution < 1.29 is 19.2 Å². The van der Waals surface area contributed by atoms with Crippen LogP contribution >= 0.6 is 0 Å². The van der Waals surface area contributed by atoms with Crippen LogP contribution in [0.5, 0.6) is 11.5 Å². The number of nitrogens with one attached hydrogen (secondary N) is 2. The Balaban J connectivity index is 1.59. The van der Waals surface area contributed by atoms with E-state index in [1.165, 1.54) is 5.56 Å². The molecule has 1 unspecified atom stereocenters. The Kier molecular flexibility index (Phi) is 5.78. The number of ether oxygens (including phenoxy) is 2. The molecular weight excluding hydrogens is 328 g/mol. The second kappa shape index (κ2) is 8.23. The minimum Gasteiger partial charge on any atom is -0.486 e. The van der Waals surface area contributed by atoms with E-state index >= 15 is 0 Å². The van der Waals surface area contributed by atoms with Crippen molar-refractivity contribution in [2.45, 2.75) is 32.9 Å². The van der Waals surface area contributed by atoms with Gasteiger partial charge >= 0.3 is 0 Å². The van der Waals surface area contributed by atoms with Crippen molar-refractivity contribution in [1.82, 2.24) is 0 Å². The molecule has 0 radical (unpaired) electrons. The maximum atomic E-state index is 12.6. The Morgan fingerprint density at radius 2 is 1.73 bits per heavy atom. The van der Waals surface area contributed by atoms with Crippen LogP contribution in [0, 0.1) is 0 Å². The summed E-state index contributed by atoms with van der Waals surface area (Å²) in [6.07, 6.45) is 0.993. The van der Waals surface area contributed by atoms with Crippen molar-refractivity contribution in [2.24, 2.45) is 0 Å². The first-order valence-corrected chi connectivity index (χ1v) is 9.17. The standard InChI is InChI=1S/C21H26N2O3/c1-4-16-5-8-18(9-6-16)22-21(24)15(2)23(3)14-17-7-10-19-20(13-17)26-12-11-25-19/h5-10,13,15H,4,11-12,14H2,1-3H3,(H,22,24)/p+1/t15-/m1/s1. The van der Waals surface area contributed by atoms with Crippen LogP contribution in [0.4, 0.5) is 5.69 Å². The molecule has 1 amide bonds. The number of quaternary nitrogens is 1. The Labute approximate surface area is 154 Å². The predicted octanol–water partition coefficient (Wildman–Crippen LogP) is 2.06. The molecule has 5 nitrogen and oxygen atoms in total. The number of likely N-dealkylation sites (N-methyl/N-ethyl adjacent to an activating group) is 1. The lowest BCUT2D eigenvalue weighted by molar-refractivity contribution is -0.907. The van der Waals surface area contributed by atoms with Gasteiger partial charge in [0.25, 0.3) is 5.91 Å². The lowest BCUT2D eigenvalue weighted by Gasteiger charge is -2.23. The lowest BCUT2D eigenvalue weighted by Crippen LogP contribution is -3.12. The van der Waals surface area contributed by atoms with Crippen LogP contribution in [-0.4, -0.2) is 32.2 Å². The maximum absolute atomic E-state index is 12.6. The normalized spacial score (nSPS) is 15.2. The van der Waals surface area contributed by atoms with Gasteiger partial charge in [-0.25, -0.2) is 0 Å². The highest BCUT2D eigenvalue weighted by Gasteiger charge is 2.23. The van der Waals surface area contributed by atoms with Gasteiger partial charge in [-0.2, -0.15) is 0 Å². The molecule has 0 aliphatic carbocycles. The number of carbonyl (C=O) groups excluding carboxylic acids is 1. The summed E-state index contributed by atoms with van der Waals surface area (Å²) in [7, 11) is 2.03. The zero-order valence-corrected chi connectivity index (χ0v) is 15.7. The summed E-state index contributed by atoms with van der Waals surface area (Å²) in [6, 6.07) is 13.8. The third-order valence-electron chi connectivity index (χ3n) is 4.85. The quantitative estimate of drug-likeness (QED) is 0.834. The number of aryl methyl sites for hydroxylation is 1. The first-order chi connectivity index (χ1) is 12.6. The SMILES string of the molecule is CCc1ccc(NC(=O)[C@@H](C)[NH+](C)Cc2ccc3c(c2)OCCO3)cc1. The smallest absolute Gasteiger partial charge is 0.282 e. The van der Waals surface area contributed by atoms with Crippen molar-refractivity contribution in [1.29, 1.82) is 0 Å². The van der Waals surface area contributed by atoms with Crippen molar-refractivity contribution >= 4 is 11.6 Å². The van der Waals surface area contributed by atoms with Gasteiger partial charge in [-0.15, -0.1) is 0 Å². The monoisotopic (exact) mass is 355 g/mol. The Hall–Kier alpha value is -2.53. The predicted molar refractivity (Wildman–Crippen MR) is 102 cm³/mol. The molecule has 1 aliphatic heterocycles. The third kappa shape index (κ3) is 4.35. The van der Waals surface area contributed by atoms with Crippen LogP contribution in [-0.2, 0) is 17.8 Å². The molecule has 1 aliphatic rings. The summed E-state index contributed by atoms with van der Waals surface area (Å²) in [5, 5.41) is 3.01. The molecule has 0 fully saturated rings. The molecule has 1 heterocycles. The number of fused-ring (bicyclic) bond motifs is 1. The molecule has 2 aromatic carbocycles. The number of rotatable bonds is 6. The number of anilines is 1.